The number of rotatable bonds is 9. The Bertz CT molecular complexity index is 665. The number of aliphatic imine (C=N–C) groups is 1. The number of likely N-dealkylation sites (N-methyl/N-ethyl adjacent to an activating group) is 1. The van der Waals surface area contributed by atoms with Crippen LogP contribution in [0.4, 0.5) is 5.82 Å². The molecule has 1 aliphatic heterocycles. The number of ether oxygens (including phenoxy) is 1. The molecule has 0 radical (unpaired) electrons. The molecule has 30 heavy (non-hydrogen) atoms. The number of hydrogen-bond acceptors (Lipinski definition) is 5. The lowest BCUT2D eigenvalue weighted by molar-refractivity contribution is 0.105. The van der Waals surface area contributed by atoms with E-state index in [0.717, 1.165) is 70.7 Å². The van der Waals surface area contributed by atoms with Gasteiger partial charge in [-0.15, -0.1) is 0 Å². The molecule has 0 bridgehead atoms. The second-order valence-corrected chi connectivity index (χ2v) is 8.75. The van der Waals surface area contributed by atoms with Crippen LogP contribution in [0.3, 0.4) is 0 Å². The summed E-state index contributed by atoms with van der Waals surface area (Å²) in [5, 5.41) is 7.07. The summed E-state index contributed by atoms with van der Waals surface area (Å²) >= 11 is 0. The van der Waals surface area contributed by atoms with E-state index < -0.39 is 0 Å². The van der Waals surface area contributed by atoms with Crippen LogP contribution in [-0.4, -0.2) is 75.9 Å². The molecular formula is C23H40N6O. The monoisotopic (exact) mass is 416 g/mol. The highest BCUT2D eigenvalue weighted by molar-refractivity contribution is 5.79. The Morgan fingerprint density at radius 1 is 1.20 bits per heavy atom. The molecule has 1 saturated carbocycles. The van der Waals surface area contributed by atoms with Crippen LogP contribution in [0, 0.1) is 5.41 Å². The second kappa shape index (κ2) is 11.5. The molecule has 2 heterocycles. The lowest BCUT2D eigenvalue weighted by Crippen LogP contribution is -2.45. The first-order valence-electron chi connectivity index (χ1n) is 11.5. The fourth-order valence-corrected chi connectivity index (χ4v) is 4.53. The van der Waals surface area contributed by atoms with Gasteiger partial charge >= 0.3 is 0 Å². The highest BCUT2D eigenvalue weighted by Crippen LogP contribution is 2.40. The smallest absolute Gasteiger partial charge is 0.191 e. The number of piperazine rings is 1. The number of pyridine rings is 1. The molecule has 2 fully saturated rings. The minimum atomic E-state index is 0.345. The maximum atomic E-state index is 5.64. The predicted molar refractivity (Wildman–Crippen MR) is 124 cm³/mol. The van der Waals surface area contributed by atoms with E-state index in [4.69, 9.17) is 4.74 Å². The van der Waals surface area contributed by atoms with Gasteiger partial charge < -0.3 is 25.2 Å². The van der Waals surface area contributed by atoms with Crippen molar-refractivity contribution in [2.24, 2.45) is 10.4 Å². The Morgan fingerprint density at radius 3 is 2.67 bits per heavy atom. The topological polar surface area (TPSA) is 65.0 Å². The van der Waals surface area contributed by atoms with Crippen LogP contribution in [0.2, 0.25) is 0 Å². The molecule has 0 unspecified atom stereocenters. The van der Waals surface area contributed by atoms with Crippen molar-refractivity contribution in [3.8, 4) is 0 Å². The van der Waals surface area contributed by atoms with Crippen LogP contribution in [0.5, 0.6) is 0 Å². The third-order valence-corrected chi connectivity index (χ3v) is 6.60. The zero-order valence-electron chi connectivity index (χ0n) is 19.1. The molecule has 0 spiro atoms. The molecule has 2 N–H and O–H groups in total. The Balaban J connectivity index is 1.50. The standard InChI is InChI=1S/C23H40N6O/c1-4-30-16-10-23(8-5-6-9-23)19-27-22(24-2)26-18-20-7-11-25-21(17-20)29-14-12-28(3)13-15-29/h7,11,17H,4-6,8-10,12-16,18-19H2,1-3H3,(H2,24,26,27). The lowest BCUT2D eigenvalue weighted by Gasteiger charge is -2.33. The van der Waals surface area contributed by atoms with Crippen LogP contribution >= 0.6 is 0 Å². The Hall–Kier alpha value is -1.86. The van der Waals surface area contributed by atoms with Gasteiger partial charge in [0, 0.05) is 65.7 Å². The van der Waals surface area contributed by atoms with Gasteiger partial charge in [0.05, 0.1) is 0 Å². The molecule has 1 aromatic rings. The van der Waals surface area contributed by atoms with Crippen molar-refractivity contribution in [1.82, 2.24) is 20.5 Å². The number of guanidine groups is 1. The summed E-state index contributed by atoms with van der Waals surface area (Å²) in [5.74, 6) is 1.95. The van der Waals surface area contributed by atoms with Gasteiger partial charge in [0.15, 0.2) is 5.96 Å². The van der Waals surface area contributed by atoms with Crippen LogP contribution in [0.15, 0.2) is 23.3 Å². The highest BCUT2D eigenvalue weighted by Gasteiger charge is 2.33. The SMILES string of the molecule is CCOCCC1(CNC(=NC)NCc2ccnc(N3CCN(C)CC3)c2)CCCC1. The molecule has 7 heteroatoms. The van der Waals surface area contributed by atoms with E-state index in [1.807, 2.05) is 13.2 Å². The molecular weight excluding hydrogens is 376 g/mol. The van der Waals surface area contributed by atoms with E-state index in [9.17, 15) is 0 Å². The number of aromatic nitrogens is 1. The maximum Gasteiger partial charge on any atom is 0.191 e. The zero-order chi connectivity index (χ0) is 21.2. The number of nitrogens with zero attached hydrogens (tertiary/aromatic N) is 4. The van der Waals surface area contributed by atoms with E-state index >= 15 is 0 Å². The Kier molecular flexibility index (Phi) is 8.75. The summed E-state index contributed by atoms with van der Waals surface area (Å²) in [4.78, 5) is 13.8. The molecule has 3 rings (SSSR count). The number of nitrogens with one attached hydrogen (secondary N) is 2. The average Bonchev–Trinajstić information content (AvgIpc) is 3.24. The fraction of sp³-hybridized carbons (Fsp3) is 0.739. The van der Waals surface area contributed by atoms with E-state index in [1.54, 1.807) is 0 Å². The summed E-state index contributed by atoms with van der Waals surface area (Å²) in [5.41, 5.74) is 1.58. The lowest BCUT2D eigenvalue weighted by atomic mass is 9.83. The van der Waals surface area contributed by atoms with Crippen molar-refractivity contribution in [2.75, 3.05) is 64.9 Å². The van der Waals surface area contributed by atoms with Gasteiger partial charge in [-0.3, -0.25) is 4.99 Å². The quantitative estimate of drug-likeness (QED) is 0.366. The third kappa shape index (κ3) is 6.57. The van der Waals surface area contributed by atoms with Crippen LogP contribution in [0.1, 0.15) is 44.6 Å². The Labute approximate surface area is 182 Å². The van der Waals surface area contributed by atoms with E-state index in [-0.39, 0.29) is 0 Å². The molecule has 7 nitrogen and oxygen atoms in total. The van der Waals surface area contributed by atoms with E-state index in [1.165, 1.54) is 31.2 Å². The molecule has 0 amide bonds. The minimum Gasteiger partial charge on any atom is -0.382 e. The van der Waals surface area contributed by atoms with Gasteiger partial charge in [-0.2, -0.15) is 0 Å². The average molecular weight is 417 g/mol. The molecule has 1 aliphatic carbocycles. The molecule has 2 aliphatic rings. The van der Waals surface area contributed by atoms with Crippen LogP contribution in [0.25, 0.3) is 0 Å². The van der Waals surface area contributed by atoms with Gasteiger partial charge in [0.1, 0.15) is 5.82 Å². The first-order valence-corrected chi connectivity index (χ1v) is 11.5. The zero-order valence-corrected chi connectivity index (χ0v) is 19.1. The van der Waals surface area contributed by atoms with Gasteiger partial charge in [-0.25, -0.2) is 4.98 Å². The molecule has 168 valence electrons. The highest BCUT2D eigenvalue weighted by atomic mass is 16.5. The van der Waals surface area contributed by atoms with Crippen LogP contribution in [-0.2, 0) is 11.3 Å². The molecule has 0 aromatic carbocycles. The van der Waals surface area contributed by atoms with Gasteiger partial charge in [0.25, 0.3) is 0 Å². The summed E-state index contributed by atoms with van der Waals surface area (Å²) in [6.45, 7) is 9.68. The van der Waals surface area contributed by atoms with Gasteiger partial charge in [-0.05, 0) is 56.3 Å². The maximum absolute atomic E-state index is 5.64. The van der Waals surface area contributed by atoms with Crippen molar-refractivity contribution < 1.29 is 4.74 Å². The van der Waals surface area contributed by atoms with E-state index in [2.05, 4.69) is 56.5 Å². The first-order chi connectivity index (χ1) is 14.6. The summed E-state index contributed by atoms with van der Waals surface area (Å²) in [6.07, 6.45) is 8.26. The first kappa shape index (κ1) is 22.8. The van der Waals surface area contributed by atoms with Gasteiger partial charge in [-0.1, -0.05) is 12.8 Å². The fourth-order valence-electron chi connectivity index (χ4n) is 4.53. The second-order valence-electron chi connectivity index (χ2n) is 8.75. The third-order valence-electron chi connectivity index (χ3n) is 6.60. The normalized spacial score (nSPS) is 19.8. The number of anilines is 1. The minimum absolute atomic E-state index is 0.345. The van der Waals surface area contributed by atoms with Crippen molar-refractivity contribution >= 4 is 11.8 Å². The van der Waals surface area contributed by atoms with Gasteiger partial charge in [0.2, 0.25) is 0 Å². The van der Waals surface area contributed by atoms with Crippen molar-refractivity contribution in [1.29, 1.82) is 0 Å². The van der Waals surface area contributed by atoms with E-state index in [0.29, 0.717) is 5.41 Å². The van der Waals surface area contributed by atoms with Crippen molar-refractivity contribution in [3.63, 3.8) is 0 Å². The molecule has 1 saturated heterocycles. The van der Waals surface area contributed by atoms with Crippen LogP contribution < -0.4 is 15.5 Å². The summed E-state index contributed by atoms with van der Waals surface area (Å²) < 4.78 is 5.64. The molecule has 0 atom stereocenters. The molecule has 1 aromatic heterocycles. The van der Waals surface area contributed by atoms with Crippen molar-refractivity contribution in [2.45, 2.75) is 45.6 Å². The summed E-state index contributed by atoms with van der Waals surface area (Å²) in [6, 6.07) is 4.28. The summed E-state index contributed by atoms with van der Waals surface area (Å²) in [7, 11) is 4.02. The Morgan fingerprint density at radius 2 is 1.97 bits per heavy atom. The predicted octanol–water partition coefficient (Wildman–Crippen LogP) is 2.49. The number of hydrogen-bond donors (Lipinski definition) is 2. The van der Waals surface area contributed by atoms with Crippen molar-refractivity contribution in [3.05, 3.63) is 23.9 Å². The largest absolute Gasteiger partial charge is 0.382 e.